The first-order valence-corrected chi connectivity index (χ1v) is 18.2. The zero-order chi connectivity index (χ0) is 37.8. The van der Waals surface area contributed by atoms with E-state index in [4.69, 9.17) is 4.74 Å². The summed E-state index contributed by atoms with van der Waals surface area (Å²) in [6.07, 6.45) is 4.91. The number of likely N-dealkylation sites (tertiary alicyclic amines) is 2. The number of carbonyl (C=O) groups is 4. The molecule has 4 amide bonds. The number of ether oxygens (including phenoxy) is 1. The number of hydrogen-bond donors (Lipinski definition) is 5. The van der Waals surface area contributed by atoms with E-state index in [1.54, 1.807) is 22.2 Å². The Labute approximate surface area is 308 Å². The van der Waals surface area contributed by atoms with Crippen LogP contribution < -0.4 is 10.6 Å². The Bertz CT molecular complexity index is 1920. The average Bonchev–Trinajstić information content (AvgIpc) is 3.98. The predicted molar refractivity (Wildman–Crippen MR) is 198 cm³/mol. The van der Waals surface area contributed by atoms with Crippen LogP contribution in [-0.4, -0.2) is 91.1 Å². The number of hydrogen-bond acceptors (Lipinski definition) is 7. The molecule has 0 bridgehead atoms. The highest BCUT2D eigenvalue weighted by Crippen LogP contribution is 2.35. The number of amides is 4. The maximum absolute atomic E-state index is 13.5. The van der Waals surface area contributed by atoms with Crippen molar-refractivity contribution in [2.45, 2.75) is 77.5 Å². The number of imidazole rings is 2. The quantitative estimate of drug-likeness (QED) is 0.122. The van der Waals surface area contributed by atoms with Crippen molar-refractivity contribution in [3.05, 3.63) is 72.6 Å². The maximum Gasteiger partial charge on any atom is 0.407 e. The Morgan fingerprint density at radius 2 is 1.09 bits per heavy atom. The van der Waals surface area contributed by atoms with Gasteiger partial charge in [0.2, 0.25) is 11.8 Å². The molecule has 0 saturated carbocycles. The molecule has 0 spiro atoms. The largest absolute Gasteiger partial charge is 0.465 e. The van der Waals surface area contributed by atoms with E-state index in [0.29, 0.717) is 18.9 Å². The molecule has 0 radical (unpaired) electrons. The van der Waals surface area contributed by atoms with Crippen LogP contribution in [-0.2, 0) is 14.3 Å². The number of nitrogens with zero attached hydrogens (tertiary/aromatic N) is 4. The zero-order valence-electron chi connectivity index (χ0n) is 30.8. The molecule has 2 aromatic heterocycles. The first-order chi connectivity index (χ1) is 25.4. The van der Waals surface area contributed by atoms with E-state index in [9.17, 15) is 24.3 Å². The van der Waals surface area contributed by atoms with E-state index in [1.165, 1.54) is 7.11 Å². The smallest absolute Gasteiger partial charge is 0.407 e. The number of aromatic nitrogens is 4. The Hall–Kier alpha value is -5.66. The molecule has 4 heterocycles. The van der Waals surface area contributed by atoms with Crippen molar-refractivity contribution in [3.8, 4) is 33.6 Å². The molecule has 4 atom stereocenters. The third-order valence-electron chi connectivity index (χ3n) is 10.2. The number of alkyl carbamates (subject to hydrolysis) is 1. The molecule has 2 aliphatic heterocycles. The zero-order valence-corrected chi connectivity index (χ0v) is 30.8. The van der Waals surface area contributed by atoms with Gasteiger partial charge in [-0.05, 0) is 59.8 Å². The van der Waals surface area contributed by atoms with E-state index >= 15 is 0 Å². The minimum atomic E-state index is -1.21. The summed E-state index contributed by atoms with van der Waals surface area (Å²) >= 11 is 0. The number of carbonyl (C=O) groups excluding carboxylic acids is 3. The van der Waals surface area contributed by atoms with Crippen molar-refractivity contribution in [2.75, 3.05) is 20.2 Å². The Kier molecular flexibility index (Phi) is 11.2. The second-order valence-corrected chi connectivity index (χ2v) is 14.4. The lowest BCUT2D eigenvalue weighted by molar-refractivity contribution is -0.136. The number of benzene rings is 2. The molecule has 5 N–H and O–H groups in total. The van der Waals surface area contributed by atoms with Crippen LogP contribution in [0.15, 0.2) is 60.9 Å². The molecule has 2 saturated heterocycles. The van der Waals surface area contributed by atoms with Crippen LogP contribution in [0.2, 0.25) is 0 Å². The molecule has 14 nitrogen and oxygen atoms in total. The summed E-state index contributed by atoms with van der Waals surface area (Å²) in [7, 11) is 1.29. The van der Waals surface area contributed by atoms with Crippen LogP contribution >= 0.6 is 0 Å². The SMILES string of the molecule is COC(=O)N[C@H](C(=O)N1CCC[C@H]1c1ncc(-c2ccc(-c3ccc(-c4cnc([C@@H]5CCCN5C(=O)[C@@H](NC(=O)O)C(C)C)[nH]4)cc3)cc2)[nH]1)C(C)C. The molecule has 280 valence electrons. The highest BCUT2D eigenvalue weighted by molar-refractivity contribution is 5.87. The molecule has 0 aliphatic carbocycles. The van der Waals surface area contributed by atoms with Crippen LogP contribution in [0.4, 0.5) is 9.59 Å². The first-order valence-electron chi connectivity index (χ1n) is 18.2. The normalized spacial score (nSPS) is 18.3. The van der Waals surface area contributed by atoms with E-state index in [-0.39, 0.29) is 35.7 Å². The summed E-state index contributed by atoms with van der Waals surface area (Å²) in [6, 6.07) is 14.4. The van der Waals surface area contributed by atoms with Crippen LogP contribution in [0.5, 0.6) is 0 Å². The summed E-state index contributed by atoms with van der Waals surface area (Å²) in [5, 5.41) is 14.3. The monoisotopic (exact) mass is 724 g/mol. The van der Waals surface area contributed by atoms with Gasteiger partial charge >= 0.3 is 12.2 Å². The summed E-state index contributed by atoms with van der Waals surface area (Å²) in [5.74, 6) is 0.737. The molecule has 53 heavy (non-hydrogen) atoms. The Morgan fingerprint density at radius 1 is 0.698 bits per heavy atom. The van der Waals surface area contributed by atoms with Gasteiger partial charge < -0.3 is 40.2 Å². The number of aromatic amines is 2. The number of nitrogens with one attached hydrogen (secondary N) is 4. The van der Waals surface area contributed by atoms with Gasteiger partial charge in [0, 0.05) is 13.1 Å². The third-order valence-corrected chi connectivity index (χ3v) is 10.2. The predicted octanol–water partition coefficient (Wildman–Crippen LogP) is 6.13. The van der Waals surface area contributed by atoms with Crippen molar-refractivity contribution >= 4 is 24.0 Å². The van der Waals surface area contributed by atoms with Gasteiger partial charge in [-0.3, -0.25) is 9.59 Å². The minimum absolute atomic E-state index is 0.107. The van der Waals surface area contributed by atoms with Crippen molar-refractivity contribution in [1.82, 2.24) is 40.4 Å². The standard InChI is InChI=1S/C39H48N8O6/c1-22(2)32(44-38(50)51)36(48)46-18-6-8-30(46)34-40-20-28(42-34)26-14-10-24(11-15-26)25-12-16-27(17-13-25)29-21-41-35(43-29)31-9-7-19-47(31)37(49)33(23(3)4)45-39(52)53-5/h10-17,20-23,30-33,44H,6-9,18-19H2,1-5H3,(H,40,42)(H,41,43)(H,45,52)(H,50,51)/t30-,31-,32-,33-/m0/s1. The second kappa shape index (κ2) is 15.9. The van der Waals surface area contributed by atoms with Crippen molar-refractivity contribution in [1.29, 1.82) is 0 Å². The van der Waals surface area contributed by atoms with Crippen LogP contribution in [0.3, 0.4) is 0 Å². The minimum Gasteiger partial charge on any atom is -0.465 e. The van der Waals surface area contributed by atoms with E-state index < -0.39 is 24.3 Å². The van der Waals surface area contributed by atoms with Gasteiger partial charge in [0.25, 0.3) is 0 Å². The summed E-state index contributed by atoms with van der Waals surface area (Å²) in [4.78, 5) is 69.8. The Balaban J connectivity index is 1.11. The van der Waals surface area contributed by atoms with Gasteiger partial charge in [-0.25, -0.2) is 19.6 Å². The average molecular weight is 725 g/mol. The maximum atomic E-state index is 13.5. The van der Waals surface area contributed by atoms with Gasteiger partial charge in [-0.2, -0.15) is 0 Å². The molecule has 4 aromatic rings. The molecular formula is C39H48N8O6. The molecule has 0 unspecified atom stereocenters. The molecule has 6 rings (SSSR count). The molecule has 2 fully saturated rings. The summed E-state index contributed by atoms with van der Waals surface area (Å²) < 4.78 is 4.75. The van der Waals surface area contributed by atoms with Crippen LogP contribution in [0, 0.1) is 11.8 Å². The highest BCUT2D eigenvalue weighted by Gasteiger charge is 2.39. The van der Waals surface area contributed by atoms with Gasteiger partial charge in [-0.1, -0.05) is 76.2 Å². The fourth-order valence-corrected chi connectivity index (χ4v) is 7.32. The lowest BCUT2D eigenvalue weighted by Gasteiger charge is -2.30. The third kappa shape index (κ3) is 8.06. The van der Waals surface area contributed by atoms with E-state index in [1.807, 2.05) is 52.0 Å². The first kappa shape index (κ1) is 37.1. The molecule has 14 heteroatoms. The van der Waals surface area contributed by atoms with Gasteiger partial charge in [0.1, 0.15) is 23.7 Å². The van der Waals surface area contributed by atoms with Crippen LogP contribution in [0.25, 0.3) is 33.6 Å². The number of carboxylic acid groups (broad SMARTS) is 1. The Morgan fingerprint density at radius 3 is 1.47 bits per heavy atom. The fourth-order valence-electron chi connectivity index (χ4n) is 7.32. The van der Waals surface area contributed by atoms with Gasteiger partial charge in [-0.15, -0.1) is 0 Å². The topological polar surface area (TPSA) is 186 Å². The number of H-pyrrole nitrogens is 2. The second-order valence-electron chi connectivity index (χ2n) is 14.4. The van der Waals surface area contributed by atoms with E-state index in [0.717, 1.165) is 65.1 Å². The number of methoxy groups -OCH3 is 1. The highest BCUT2D eigenvalue weighted by atomic mass is 16.5. The van der Waals surface area contributed by atoms with Crippen molar-refractivity contribution in [3.63, 3.8) is 0 Å². The van der Waals surface area contributed by atoms with Crippen LogP contribution in [0.1, 0.15) is 77.1 Å². The van der Waals surface area contributed by atoms with E-state index in [2.05, 4.69) is 54.8 Å². The molecule has 2 aromatic carbocycles. The molecular weight excluding hydrogens is 676 g/mol. The van der Waals surface area contributed by atoms with Gasteiger partial charge in [0.15, 0.2) is 0 Å². The molecule has 2 aliphatic rings. The lowest BCUT2D eigenvalue weighted by Crippen LogP contribution is -2.51. The summed E-state index contributed by atoms with van der Waals surface area (Å²) in [6.45, 7) is 8.59. The summed E-state index contributed by atoms with van der Waals surface area (Å²) in [5.41, 5.74) is 5.70. The van der Waals surface area contributed by atoms with Crippen molar-refractivity contribution in [2.24, 2.45) is 11.8 Å². The fraction of sp³-hybridized carbons (Fsp3) is 0.436. The lowest BCUT2D eigenvalue weighted by atomic mass is 10.0. The van der Waals surface area contributed by atoms with Gasteiger partial charge in [0.05, 0.1) is 43.0 Å². The number of rotatable bonds is 11. The van der Waals surface area contributed by atoms with Crippen molar-refractivity contribution < 1.29 is 29.0 Å².